The van der Waals surface area contributed by atoms with Gasteiger partial charge in [0, 0.05) is 19.6 Å². The van der Waals surface area contributed by atoms with E-state index in [9.17, 15) is 9.59 Å². The van der Waals surface area contributed by atoms with Crippen molar-refractivity contribution in [3.05, 3.63) is 21.0 Å². The highest BCUT2D eigenvalue weighted by atomic mass is 79.9. The van der Waals surface area contributed by atoms with Crippen LogP contribution >= 0.6 is 15.9 Å². The summed E-state index contributed by atoms with van der Waals surface area (Å²) in [6.45, 7) is 5.81. The lowest BCUT2D eigenvalue weighted by atomic mass is 10.2. The smallest absolute Gasteiger partial charge is 0.283 e. The van der Waals surface area contributed by atoms with Crippen LogP contribution in [0.5, 0.6) is 0 Å². The van der Waals surface area contributed by atoms with Gasteiger partial charge in [-0.3, -0.25) is 9.59 Å². The van der Waals surface area contributed by atoms with E-state index in [-0.39, 0.29) is 17.5 Å². The molecule has 2 heterocycles. The maximum atomic E-state index is 12.2. The van der Waals surface area contributed by atoms with Gasteiger partial charge in [-0.05, 0) is 42.6 Å². The zero-order valence-electron chi connectivity index (χ0n) is 11.7. The number of nitrogens with zero attached hydrogens (tertiary/aromatic N) is 3. The van der Waals surface area contributed by atoms with Crippen molar-refractivity contribution < 1.29 is 4.79 Å². The van der Waals surface area contributed by atoms with Crippen LogP contribution in [0.2, 0.25) is 0 Å². The average Bonchev–Trinajstić information content (AvgIpc) is 2.97. The molecular formula is C13H19BrN4O2. The second-order valence-corrected chi connectivity index (χ2v) is 5.68. The summed E-state index contributed by atoms with van der Waals surface area (Å²) in [5.41, 5.74) is 0.359. The molecule has 6 nitrogen and oxygen atoms in total. The maximum Gasteiger partial charge on any atom is 0.283 e. The first-order valence-corrected chi connectivity index (χ1v) is 7.64. The van der Waals surface area contributed by atoms with Crippen molar-refractivity contribution in [2.24, 2.45) is 0 Å². The van der Waals surface area contributed by atoms with Gasteiger partial charge in [-0.1, -0.05) is 0 Å². The molecule has 20 heavy (non-hydrogen) atoms. The first kappa shape index (κ1) is 15.0. The van der Waals surface area contributed by atoms with Gasteiger partial charge in [-0.15, -0.1) is 0 Å². The van der Waals surface area contributed by atoms with Gasteiger partial charge in [-0.25, -0.2) is 4.68 Å². The lowest BCUT2D eigenvalue weighted by Crippen LogP contribution is -2.40. The first-order valence-electron chi connectivity index (χ1n) is 6.85. The second-order valence-electron chi connectivity index (χ2n) is 4.89. The van der Waals surface area contributed by atoms with Gasteiger partial charge in [0.2, 0.25) is 5.91 Å². The fraction of sp³-hybridized carbons (Fsp3) is 0.615. The Balaban J connectivity index is 2.11. The molecule has 1 unspecified atom stereocenters. The molecular weight excluding hydrogens is 324 g/mol. The summed E-state index contributed by atoms with van der Waals surface area (Å²) in [5.74, 6) is 0.0640. The Morgan fingerprint density at radius 3 is 2.75 bits per heavy atom. The highest BCUT2D eigenvalue weighted by Gasteiger charge is 2.24. The van der Waals surface area contributed by atoms with E-state index >= 15 is 0 Å². The number of aryl methyl sites for hydroxylation is 1. The third kappa shape index (κ3) is 3.03. The van der Waals surface area contributed by atoms with Crippen LogP contribution in [0.25, 0.3) is 0 Å². The Morgan fingerprint density at radius 2 is 2.15 bits per heavy atom. The van der Waals surface area contributed by atoms with E-state index in [1.807, 2.05) is 11.8 Å². The van der Waals surface area contributed by atoms with Gasteiger partial charge >= 0.3 is 0 Å². The topological polar surface area (TPSA) is 67.2 Å². The normalized spacial score (nSPS) is 16.2. The SMILES string of the molecule is CCn1ncc(NC(C)C(=O)N2CCCC2)c(Br)c1=O. The zero-order valence-corrected chi connectivity index (χ0v) is 13.3. The monoisotopic (exact) mass is 342 g/mol. The number of carbonyl (C=O) groups is 1. The van der Waals surface area contributed by atoms with Gasteiger partial charge in [0.15, 0.2) is 0 Å². The Kier molecular flexibility index (Phi) is 4.80. The first-order chi connectivity index (χ1) is 9.54. The number of amides is 1. The third-order valence-corrected chi connectivity index (χ3v) is 4.21. The quantitative estimate of drug-likeness (QED) is 0.899. The molecule has 1 aromatic heterocycles. The largest absolute Gasteiger partial charge is 0.372 e. The van der Waals surface area contributed by atoms with Crippen LogP contribution < -0.4 is 10.9 Å². The number of rotatable bonds is 4. The van der Waals surface area contributed by atoms with Crippen LogP contribution in [0, 0.1) is 0 Å². The summed E-state index contributed by atoms with van der Waals surface area (Å²) >= 11 is 3.27. The van der Waals surface area contributed by atoms with E-state index in [1.54, 1.807) is 13.1 Å². The zero-order chi connectivity index (χ0) is 14.7. The van der Waals surface area contributed by atoms with Crippen LogP contribution in [0.15, 0.2) is 15.5 Å². The molecule has 110 valence electrons. The van der Waals surface area contributed by atoms with Crippen molar-refractivity contribution in [3.63, 3.8) is 0 Å². The molecule has 0 aromatic carbocycles. The Bertz CT molecular complexity index is 552. The summed E-state index contributed by atoms with van der Waals surface area (Å²) in [6.07, 6.45) is 3.70. The molecule has 1 aliphatic rings. The molecule has 0 saturated carbocycles. The lowest BCUT2D eigenvalue weighted by molar-refractivity contribution is -0.130. The van der Waals surface area contributed by atoms with Gasteiger partial charge in [0.05, 0.1) is 11.9 Å². The predicted octanol–water partition coefficient (Wildman–Crippen LogP) is 1.45. The van der Waals surface area contributed by atoms with Crippen molar-refractivity contribution in [2.45, 2.75) is 39.3 Å². The summed E-state index contributed by atoms with van der Waals surface area (Å²) in [4.78, 5) is 26.0. The molecule has 1 amide bonds. The fourth-order valence-electron chi connectivity index (χ4n) is 2.30. The number of nitrogens with one attached hydrogen (secondary N) is 1. The Morgan fingerprint density at radius 1 is 1.50 bits per heavy atom. The maximum absolute atomic E-state index is 12.2. The summed E-state index contributed by atoms with van der Waals surface area (Å²) in [5, 5.41) is 7.12. The minimum Gasteiger partial charge on any atom is -0.372 e. The standard InChI is InChI=1S/C13H19BrN4O2/c1-3-18-13(20)11(14)10(8-15-18)16-9(2)12(19)17-6-4-5-7-17/h8-9,16H,3-7H2,1-2H3. The number of carbonyl (C=O) groups excluding carboxylic acids is 1. The van der Waals surface area contributed by atoms with Crippen LogP contribution in [0.4, 0.5) is 5.69 Å². The van der Waals surface area contributed by atoms with Gasteiger partial charge in [0.1, 0.15) is 10.5 Å². The van der Waals surface area contributed by atoms with Crippen molar-refractivity contribution in [2.75, 3.05) is 18.4 Å². The van der Waals surface area contributed by atoms with Gasteiger partial charge in [0.25, 0.3) is 5.56 Å². The average molecular weight is 343 g/mol. The molecule has 2 rings (SSSR count). The van der Waals surface area contributed by atoms with E-state index in [0.717, 1.165) is 25.9 Å². The highest BCUT2D eigenvalue weighted by molar-refractivity contribution is 9.10. The molecule has 1 aliphatic heterocycles. The number of likely N-dealkylation sites (tertiary alicyclic amines) is 1. The van der Waals surface area contributed by atoms with E-state index in [0.29, 0.717) is 16.7 Å². The molecule has 1 saturated heterocycles. The summed E-state index contributed by atoms with van der Waals surface area (Å²) in [7, 11) is 0. The van der Waals surface area contributed by atoms with E-state index in [1.165, 1.54) is 4.68 Å². The lowest BCUT2D eigenvalue weighted by Gasteiger charge is -2.22. The van der Waals surface area contributed by atoms with Gasteiger partial charge in [-0.2, -0.15) is 5.10 Å². The van der Waals surface area contributed by atoms with Crippen molar-refractivity contribution in [3.8, 4) is 0 Å². The minimum absolute atomic E-state index is 0.0640. The number of aromatic nitrogens is 2. The summed E-state index contributed by atoms with van der Waals surface area (Å²) in [6, 6.07) is -0.372. The molecule has 0 aliphatic carbocycles. The third-order valence-electron chi connectivity index (χ3n) is 3.44. The second kappa shape index (κ2) is 6.39. The molecule has 1 atom stereocenters. The van der Waals surface area contributed by atoms with Crippen molar-refractivity contribution in [1.29, 1.82) is 0 Å². The van der Waals surface area contributed by atoms with E-state index in [4.69, 9.17) is 0 Å². The number of hydrogen-bond acceptors (Lipinski definition) is 4. The predicted molar refractivity (Wildman–Crippen MR) is 80.8 cm³/mol. The van der Waals surface area contributed by atoms with Crippen LogP contribution in [-0.4, -0.2) is 39.7 Å². The Hall–Kier alpha value is -1.37. The van der Waals surface area contributed by atoms with Gasteiger partial charge < -0.3 is 10.2 Å². The molecule has 1 fully saturated rings. The molecule has 0 bridgehead atoms. The molecule has 1 N–H and O–H groups in total. The molecule has 0 spiro atoms. The van der Waals surface area contributed by atoms with Crippen LogP contribution in [-0.2, 0) is 11.3 Å². The van der Waals surface area contributed by atoms with Crippen molar-refractivity contribution in [1.82, 2.24) is 14.7 Å². The summed E-state index contributed by atoms with van der Waals surface area (Å²) < 4.78 is 1.78. The Labute approximate surface area is 126 Å². The highest BCUT2D eigenvalue weighted by Crippen LogP contribution is 2.18. The van der Waals surface area contributed by atoms with Crippen molar-refractivity contribution >= 4 is 27.5 Å². The number of anilines is 1. The molecule has 0 radical (unpaired) electrons. The van der Waals surface area contributed by atoms with E-state index in [2.05, 4.69) is 26.3 Å². The number of halogens is 1. The fourth-order valence-corrected chi connectivity index (χ4v) is 2.72. The molecule has 7 heteroatoms. The van der Waals surface area contributed by atoms with Crippen LogP contribution in [0.3, 0.4) is 0 Å². The minimum atomic E-state index is -0.372. The van der Waals surface area contributed by atoms with E-state index < -0.39 is 0 Å². The molecule has 1 aromatic rings. The number of hydrogen-bond donors (Lipinski definition) is 1. The van der Waals surface area contributed by atoms with Crippen LogP contribution in [0.1, 0.15) is 26.7 Å².